The molecule has 5 aromatic rings. The van der Waals surface area contributed by atoms with Gasteiger partial charge in [-0.1, -0.05) is 17.7 Å². The summed E-state index contributed by atoms with van der Waals surface area (Å²) < 4.78 is 25.6. The maximum absolute atomic E-state index is 13.4. The average molecular weight is 482 g/mol. The van der Waals surface area contributed by atoms with Gasteiger partial charge in [0.1, 0.15) is 5.82 Å². The zero-order valence-corrected chi connectivity index (χ0v) is 18.3. The highest BCUT2D eigenvalue weighted by Gasteiger charge is 2.21. The quantitative estimate of drug-likeness (QED) is 0.308. The molecular weight excluding hydrogens is 469 g/mol. The molecule has 8 nitrogen and oxygen atoms in total. The van der Waals surface area contributed by atoms with Crippen LogP contribution in [0.3, 0.4) is 0 Å². The zero-order valence-electron chi connectivity index (χ0n) is 16.7. The van der Waals surface area contributed by atoms with E-state index in [0.29, 0.717) is 22.1 Å². The normalized spacial score (nSPS) is 11.0. The van der Waals surface area contributed by atoms with Gasteiger partial charge in [-0.3, -0.25) is 0 Å². The Balaban J connectivity index is 1.35. The Kier molecular flexibility index (Phi) is 5.68. The second-order valence-corrected chi connectivity index (χ2v) is 8.09. The Morgan fingerprint density at radius 1 is 1.09 bits per heavy atom. The summed E-state index contributed by atoms with van der Waals surface area (Å²) in [5, 5.41) is 14.6. The number of aromatic nitrogens is 5. The van der Waals surface area contributed by atoms with Crippen molar-refractivity contribution in [2.75, 3.05) is 0 Å². The molecule has 0 unspecified atom stereocenters. The van der Waals surface area contributed by atoms with Crippen LogP contribution in [-0.4, -0.2) is 30.9 Å². The monoisotopic (exact) mass is 481 g/mol. The summed E-state index contributed by atoms with van der Waals surface area (Å²) in [5.41, 5.74) is 1.24. The van der Waals surface area contributed by atoms with Crippen molar-refractivity contribution in [1.29, 1.82) is 0 Å². The fraction of sp³-hybridized carbons (Fsp3) is 0.0455. The topological polar surface area (TPSA) is 95.9 Å². The maximum Gasteiger partial charge on any atom is 0.378 e. The van der Waals surface area contributed by atoms with Crippen LogP contribution in [0.4, 0.5) is 4.39 Å². The van der Waals surface area contributed by atoms with Crippen LogP contribution in [0.2, 0.25) is 5.02 Å². The van der Waals surface area contributed by atoms with E-state index in [2.05, 4.69) is 20.3 Å². The highest BCUT2D eigenvalue weighted by atomic mass is 35.5. The van der Waals surface area contributed by atoms with Gasteiger partial charge in [-0.25, -0.2) is 13.9 Å². The molecule has 0 saturated carbocycles. The fourth-order valence-corrected chi connectivity index (χ4v) is 3.76. The lowest BCUT2D eigenvalue weighted by Crippen LogP contribution is -2.08. The SMILES string of the molecule is O=C(OCc1nnc(-c2ccc(Cl)cc2)o1)c1nc(-c2cccs2)n(-c2ccc(F)cc2)n1. The highest BCUT2D eigenvalue weighted by Crippen LogP contribution is 2.26. The van der Waals surface area contributed by atoms with Crippen molar-refractivity contribution < 1.29 is 18.3 Å². The standard InChI is InChI=1S/C22H13ClFN5O3S/c23-14-5-3-13(4-6-14)21-27-26-18(32-21)12-31-22(30)19-25-20(17-2-1-11-33-17)29(28-19)16-9-7-15(24)8-10-16/h1-11H,12H2. The molecule has 0 radical (unpaired) electrons. The molecule has 0 aliphatic heterocycles. The maximum atomic E-state index is 13.4. The van der Waals surface area contributed by atoms with Crippen molar-refractivity contribution in [3.8, 4) is 27.8 Å². The van der Waals surface area contributed by atoms with E-state index in [9.17, 15) is 9.18 Å². The van der Waals surface area contributed by atoms with Crippen molar-refractivity contribution in [1.82, 2.24) is 25.0 Å². The Morgan fingerprint density at radius 2 is 1.88 bits per heavy atom. The molecule has 2 aromatic carbocycles. The molecule has 0 bridgehead atoms. The van der Waals surface area contributed by atoms with E-state index < -0.39 is 5.97 Å². The van der Waals surface area contributed by atoms with Crippen molar-refractivity contribution in [2.24, 2.45) is 0 Å². The van der Waals surface area contributed by atoms with E-state index in [-0.39, 0.29) is 30.0 Å². The van der Waals surface area contributed by atoms with Crippen LogP contribution in [0.1, 0.15) is 16.5 Å². The molecular formula is C22H13ClFN5O3S. The van der Waals surface area contributed by atoms with Crippen LogP contribution < -0.4 is 0 Å². The Hall–Kier alpha value is -3.89. The number of rotatable bonds is 6. The molecule has 11 heteroatoms. The number of ether oxygens (including phenoxy) is 1. The van der Waals surface area contributed by atoms with Crippen LogP contribution >= 0.6 is 22.9 Å². The molecule has 5 rings (SSSR count). The van der Waals surface area contributed by atoms with Gasteiger partial charge in [0.25, 0.3) is 11.7 Å². The summed E-state index contributed by atoms with van der Waals surface area (Å²) in [6.45, 7) is -0.251. The minimum Gasteiger partial charge on any atom is -0.450 e. The Labute approximate surface area is 195 Å². The molecule has 0 N–H and O–H groups in total. The van der Waals surface area contributed by atoms with Gasteiger partial charge in [0, 0.05) is 10.6 Å². The highest BCUT2D eigenvalue weighted by molar-refractivity contribution is 7.13. The summed E-state index contributed by atoms with van der Waals surface area (Å²) in [6, 6.07) is 16.3. The lowest BCUT2D eigenvalue weighted by atomic mass is 10.2. The molecule has 3 aromatic heterocycles. The molecule has 164 valence electrons. The second kappa shape index (κ2) is 8.93. The van der Waals surface area contributed by atoms with E-state index in [1.165, 1.54) is 28.2 Å². The first-order valence-electron chi connectivity index (χ1n) is 9.59. The fourth-order valence-electron chi connectivity index (χ4n) is 2.94. The van der Waals surface area contributed by atoms with Crippen molar-refractivity contribution in [3.05, 3.63) is 88.6 Å². The van der Waals surface area contributed by atoms with Crippen molar-refractivity contribution in [3.63, 3.8) is 0 Å². The van der Waals surface area contributed by atoms with E-state index in [1.807, 2.05) is 17.5 Å². The van der Waals surface area contributed by atoms with Gasteiger partial charge in [0.15, 0.2) is 12.4 Å². The smallest absolute Gasteiger partial charge is 0.378 e. The first kappa shape index (κ1) is 21.0. The third-order valence-corrected chi connectivity index (χ3v) is 5.61. The van der Waals surface area contributed by atoms with Gasteiger partial charge in [-0.05, 0) is 60.0 Å². The van der Waals surface area contributed by atoms with Gasteiger partial charge in [0.2, 0.25) is 5.89 Å². The number of carbonyl (C=O) groups is 1. The van der Waals surface area contributed by atoms with Crippen LogP contribution in [-0.2, 0) is 11.3 Å². The minimum atomic E-state index is -0.764. The average Bonchev–Trinajstić information content (AvgIpc) is 3.59. The number of hydrogen-bond donors (Lipinski definition) is 0. The molecule has 0 atom stereocenters. The zero-order chi connectivity index (χ0) is 22.8. The molecule has 0 aliphatic carbocycles. The summed E-state index contributed by atoms with van der Waals surface area (Å²) in [5.74, 6) is -0.471. The molecule has 0 fully saturated rings. The van der Waals surface area contributed by atoms with Gasteiger partial charge < -0.3 is 9.15 Å². The number of hydrogen-bond acceptors (Lipinski definition) is 8. The predicted molar refractivity (Wildman–Crippen MR) is 118 cm³/mol. The summed E-state index contributed by atoms with van der Waals surface area (Å²) >= 11 is 7.32. The van der Waals surface area contributed by atoms with E-state index in [0.717, 1.165) is 4.88 Å². The molecule has 3 heterocycles. The van der Waals surface area contributed by atoms with Crippen LogP contribution in [0, 0.1) is 5.82 Å². The van der Waals surface area contributed by atoms with E-state index in [4.69, 9.17) is 20.8 Å². The van der Waals surface area contributed by atoms with Crippen molar-refractivity contribution >= 4 is 28.9 Å². The molecule has 0 amide bonds. The largest absolute Gasteiger partial charge is 0.450 e. The second-order valence-electron chi connectivity index (χ2n) is 6.71. The van der Waals surface area contributed by atoms with Crippen molar-refractivity contribution in [2.45, 2.75) is 6.61 Å². The van der Waals surface area contributed by atoms with Crippen LogP contribution in [0.15, 0.2) is 70.5 Å². The van der Waals surface area contributed by atoms with Gasteiger partial charge in [0.05, 0.1) is 10.6 Å². The molecule has 0 aliphatic rings. The van der Waals surface area contributed by atoms with Crippen LogP contribution in [0.5, 0.6) is 0 Å². The van der Waals surface area contributed by atoms with E-state index in [1.54, 1.807) is 36.4 Å². The third-order valence-electron chi connectivity index (χ3n) is 4.49. The molecule has 0 saturated heterocycles. The summed E-state index contributed by atoms with van der Waals surface area (Å²) in [7, 11) is 0. The third kappa shape index (κ3) is 4.52. The lowest BCUT2D eigenvalue weighted by molar-refractivity contribution is 0.0424. The first-order chi connectivity index (χ1) is 16.1. The van der Waals surface area contributed by atoms with Gasteiger partial charge in [-0.2, -0.15) is 4.98 Å². The van der Waals surface area contributed by atoms with E-state index >= 15 is 0 Å². The van der Waals surface area contributed by atoms with Crippen LogP contribution in [0.25, 0.3) is 27.8 Å². The summed E-state index contributed by atoms with van der Waals surface area (Å²) in [6.07, 6.45) is 0. The number of carbonyl (C=O) groups excluding carboxylic acids is 1. The number of esters is 1. The lowest BCUT2D eigenvalue weighted by Gasteiger charge is -2.03. The summed E-state index contributed by atoms with van der Waals surface area (Å²) in [4.78, 5) is 17.8. The predicted octanol–water partition coefficient (Wildman–Crippen LogP) is 5.20. The minimum absolute atomic E-state index is 0.116. The molecule has 0 spiro atoms. The number of benzene rings is 2. The number of halogens is 2. The van der Waals surface area contributed by atoms with Gasteiger partial charge in [-0.15, -0.1) is 26.6 Å². The Morgan fingerprint density at radius 3 is 2.61 bits per heavy atom. The number of thiophene rings is 1. The Bertz CT molecular complexity index is 1400. The first-order valence-corrected chi connectivity index (χ1v) is 10.8. The number of nitrogens with zero attached hydrogens (tertiary/aromatic N) is 5. The van der Waals surface area contributed by atoms with Gasteiger partial charge >= 0.3 is 5.97 Å². The molecule has 33 heavy (non-hydrogen) atoms.